The fourth-order valence-electron chi connectivity index (χ4n) is 3.34. The van der Waals surface area contributed by atoms with Gasteiger partial charge in [0.25, 0.3) is 0 Å². The number of hydrogen-bond donors (Lipinski definition) is 0. The van der Waals surface area contributed by atoms with E-state index >= 15 is 0 Å². The molecule has 0 spiro atoms. The lowest BCUT2D eigenvalue weighted by molar-refractivity contribution is 0.102. The van der Waals surface area contributed by atoms with Crippen molar-refractivity contribution in [3.63, 3.8) is 0 Å². The number of aromatic nitrogens is 1. The van der Waals surface area contributed by atoms with Crippen molar-refractivity contribution in [3.05, 3.63) is 44.9 Å². The minimum absolute atomic E-state index is 0.0207. The molecule has 0 bridgehead atoms. The van der Waals surface area contributed by atoms with Crippen molar-refractivity contribution in [1.29, 1.82) is 0 Å². The molecule has 1 aliphatic rings. The maximum absolute atomic E-state index is 11.9. The second kappa shape index (κ2) is 5.38. The van der Waals surface area contributed by atoms with E-state index in [4.69, 9.17) is 11.6 Å². The topological polar surface area (TPSA) is 22.0 Å². The molecular weight excluding hydrogens is 290 g/mol. The highest BCUT2D eigenvalue weighted by Crippen LogP contribution is 2.38. The van der Waals surface area contributed by atoms with Crippen LogP contribution in [0.4, 0.5) is 0 Å². The Morgan fingerprint density at radius 3 is 3.05 bits per heavy atom. The lowest BCUT2D eigenvalue weighted by Crippen LogP contribution is -2.18. The number of thiophene rings is 1. The quantitative estimate of drug-likeness (QED) is 0.604. The minimum atomic E-state index is 0.0207. The average Bonchev–Trinajstić information content (AvgIpc) is 3.03. The molecule has 0 fully saturated rings. The summed E-state index contributed by atoms with van der Waals surface area (Å²) in [7, 11) is 0. The Hall–Kier alpha value is -1.06. The number of nitrogens with zero attached hydrogens (tertiary/aromatic N) is 1. The zero-order valence-electron chi connectivity index (χ0n) is 11.8. The fourth-order valence-corrected chi connectivity index (χ4v) is 4.47. The smallest absolute Gasteiger partial charge is 0.179 e. The number of carbonyl (C=O) groups excluding carboxylic acids is 1. The van der Waals surface area contributed by atoms with Crippen molar-refractivity contribution >= 4 is 28.7 Å². The monoisotopic (exact) mass is 307 g/mol. The predicted octanol–water partition coefficient (Wildman–Crippen LogP) is 4.51. The van der Waals surface area contributed by atoms with Crippen LogP contribution in [-0.4, -0.2) is 16.2 Å². The molecule has 2 nitrogen and oxygen atoms in total. The van der Waals surface area contributed by atoms with Crippen molar-refractivity contribution in [1.82, 2.24) is 4.57 Å². The summed E-state index contributed by atoms with van der Waals surface area (Å²) < 4.78 is 2.32. The van der Waals surface area contributed by atoms with E-state index in [1.807, 2.05) is 24.3 Å². The molecule has 2 aromatic heterocycles. The van der Waals surface area contributed by atoms with Gasteiger partial charge in [-0.05, 0) is 56.2 Å². The highest BCUT2D eigenvalue weighted by Gasteiger charge is 2.26. The molecule has 0 N–H and O–H groups in total. The maximum Gasteiger partial charge on any atom is 0.179 e. The summed E-state index contributed by atoms with van der Waals surface area (Å²) in [6, 6.07) is 4.61. The van der Waals surface area contributed by atoms with E-state index in [1.54, 1.807) is 0 Å². The molecular formula is C16H18ClNOS. The van der Waals surface area contributed by atoms with Gasteiger partial charge in [0, 0.05) is 21.8 Å². The van der Waals surface area contributed by atoms with Crippen LogP contribution in [0.2, 0.25) is 0 Å². The molecule has 0 aromatic carbocycles. The number of Topliss-reactive ketones (excluding diaryl/α,β-unsaturated/α-hetero) is 1. The number of aryl methyl sites for hydroxylation is 2. The summed E-state index contributed by atoms with van der Waals surface area (Å²) in [6.45, 7) is 4.12. The predicted molar refractivity (Wildman–Crippen MR) is 84.4 cm³/mol. The van der Waals surface area contributed by atoms with Gasteiger partial charge in [0.05, 0.1) is 11.9 Å². The molecule has 1 unspecified atom stereocenters. The van der Waals surface area contributed by atoms with Gasteiger partial charge in [-0.25, -0.2) is 0 Å². The number of halogens is 1. The zero-order chi connectivity index (χ0) is 14.3. The molecule has 106 valence electrons. The zero-order valence-corrected chi connectivity index (χ0v) is 13.4. The van der Waals surface area contributed by atoms with Crippen molar-refractivity contribution < 1.29 is 4.79 Å². The minimum Gasteiger partial charge on any atom is -0.341 e. The molecule has 0 saturated heterocycles. The van der Waals surface area contributed by atoms with Crippen LogP contribution >= 0.6 is 22.9 Å². The largest absolute Gasteiger partial charge is 0.341 e. The average molecular weight is 308 g/mol. The van der Waals surface area contributed by atoms with Gasteiger partial charge >= 0.3 is 0 Å². The van der Waals surface area contributed by atoms with Gasteiger partial charge in [-0.2, -0.15) is 0 Å². The molecule has 1 aliphatic carbocycles. The van der Waals surface area contributed by atoms with Crippen LogP contribution in [0, 0.1) is 13.8 Å². The van der Waals surface area contributed by atoms with Crippen LogP contribution < -0.4 is 0 Å². The third-order valence-corrected chi connectivity index (χ3v) is 5.48. The molecule has 0 aliphatic heterocycles. The van der Waals surface area contributed by atoms with Crippen LogP contribution in [0.5, 0.6) is 0 Å². The summed E-state index contributed by atoms with van der Waals surface area (Å²) in [6.07, 6.45) is 3.55. The molecule has 4 heteroatoms. The highest BCUT2D eigenvalue weighted by atomic mass is 35.5. The first-order valence-electron chi connectivity index (χ1n) is 6.97. The van der Waals surface area contributed by atoms with Gasteiger partial charge in [-0.3, -0.25) is 4.79 Å². The summed E-state index contributed by atoms with van der Waals surface area (Å²) >= 11 is 7.56. The molecule has 2 aromatic rings. The molecule has 20 heavy (non-hydrogen) atoms. The Balaban J connectivity index is 2.09. The van der Waals surface area contributed by atoms with Gasteiger partial charge in [0.15, 0.2) is 5.78 Å². The lowest BCUT2D eigenvalue weighted by atomic mass is 9.93. The summed E-state index contributed by atoms with van der Waals surface area (Å²) in [5, 5.41) is 2.18. The molecule has 2 heterocycles. The van der Waals surface area contributed by atoms with Gasteiger partial charge in [0.1, 0.15) is 0 Å². The summed E-state index contributed by atoms with van der Waals surface area (Å²) in [4.78, 5) is 13.4. The second-order valence-corrected chi connectivity index (χ2v) is 6.69. The third-order valence-electron chi connectivity index (χ3n) is 4.24. The van der Waals surface area contributed by atoms with Gasteiger partial charge in [-0.15, -0.1) is 22.9 Å². The van der Waals surface area contributed by atoms with Crippen LogP contribution in [0.1, 0.15) is 51.1 Å². The van der Waals surface area contributed by atoms with Crippen molar-refractivity contribution in [3.8, 4) is 0 Å². The number of fused-ring (bicyclic) bond motifs is 1. The Kier molecular flexibility index (Phi) is 3.74. The summed E-state index contributed by atoms with van der Waals surface area (Å²) in [5.74, 6) is 0.0749. The first-order valence-corrected chi connectivity index (χ1v) is 8.38. The Labute approximate surface area is 128 Å². The molecule has 1 atom stereocenters. The van der Waals surface area contributed by atoms with Crippen LogP contribution in [-0.2, 0) is 6.42 Å². The highest BCUT2D eigenvalue weighted by molar-refractivity contribution is 7.10. The third kappa shape index (κ3) is 2.13. The van der Waals surface area contributed by atoms with Crippen LogP contribution in [0.25, 0.3) is 0 Å². The van der Waals surface area contributed by atoms with Crippen LogP contribution in [0.15, 0.2) is 17.5 Å². The van der Waals surface area contributed by atoms with E-state index in [0.717, 1.165) is 23.4 Å². The standard InChI is InChI=1S/C16H18ClNOS/c1-10-8-13(15(19)9-17)11(2)18(10)14-4-3-5-16-12(14)6-7-20-16/h6-8,14H,3-5,9H2,1-2H3. The lowest BCUT2D eigenvalue weighted by Gasteiger charge is -2.27. The Morgan fingerprint density at radius 2 is 2.30 bits per heavy atom. The number of alkyl halides is 1. The van der Waals surface area contributed by atoms with E-state index in [1.165, 1.54) is 23.3 Å². The van der Waals surface area contributed by atoms with Crippen LogP contribution in [0.3, 0.4) is 0 Å². The number of hydrogen-bond acceptors (Lipinski definition) is 2. The maximum atomic E-state index is 11.9. The number of ketones is 1. The first-order chi connectivity index (χ1) is 9.63. The number of carbonyl (C=O) groups is 1. The van der Waals surface area contributed by atoms with Gasteiger partial charge in [-0.1, -0.05) is 0 Å². The molecule has 3 rings (SSSR count). The normalized spacial score (nSPS) is 18.1. The van der Waals surface area contributed by atoms with E-state index in [2.05, 4.69) is 22.9 Å². The molecule has 0 saturated carbocycles. The van der Waals surface area contributed by atoms with E-state index in [9.17, 15) is 4.79 Å². The fraction of sp³-hybridized carbons (Fsp3) is 0.438. The second-order valence-electron chi connectivity index (χ2n) is 5.42. The SMILES string of the molecule is Cc1cc(C(=O)CCl)c(C)n1C1CCCc2sccc21. The molecule has 0 amide bonds. The van der Waals surface area contributed by atoms with E-state index < -0.39 is 0 Å². The van der Waals surface area contributed by atoms with E-state index in [0.29, 0.717) is 6.04 Å². The first kappa shape index (κ1) is 13.9. The van der Waals surface area contributed by atoms with Gasteiger partial charge < -0.3 is 4.57 Å². The van der Waals surface area contributed by atoms with Crippen molar-refractivity contribution in [2.45, 2.75) is 39.2 Å². The Bertz CT molecular complexity index is 655. The summed E-state index contributed by atoms with van der Waals surface area (Å²) in [5.41, 5.74) is 4.42. The van der Waals surface area contributed by atoms with Gasteiger partial charge in [0.2, 0.25) is 0 Å². The Morgan fingerprint density at radius 1 is 1.50 bits per heavy atom. The van der Waals surface area contributed by atoms with Crippen molar-refractivity contribution in [2.24, 2.45) is 0 Å². The van der Waals surface area contributed by atoms with Crippen molar-refractivity contribution in [2.75, 3.05) is 5.88 Å². The number of rotatable bonds is 3. The van der Waals surface area contributed by atoms with E-state index in [-0.39, 0.29) is 11.7 Å². The molecule has 0 radical (unpaired) electrons.